The first-order chi connectivity index (χ1) is 7.65. The number of nitrogens with two attached hydrogens (primary N) is 1. The number of ether oxygens (including phenoxy) is 1. The van der Waals surface area contributed by atoms with Crippen LogP contribution in [-0.4, -0.2) is 19.6 Å². The number of amides is 1. The quantitative estimate of drug-likeness (QED) is 0.822. The Bertz CT molecular complexity index is 434. The number of halogens is 1. The molecular formula is C11H13ClN2O2. The minimum absolute atomic E-state index is 0.0452. The molecule has 86 valence electrons. The molecule has 1 unspecified atom stereocenters. The number of nitrogens with one attached hydrogen (secondary N) is 1. The van der Waals surface area contributed by atoms with Crippen LogP contribution in [0.5, 0.6) is 5.75 Å². The van der Waals surface area contributed by atoms with E-state index in [1.54, 1.807) is 13.2 Å². The molecule has 0 spiro atoms. The summed E-state index contributed by atoms with van der Waals surface area (Å²) in [6.45, 7) is 0.343. The number of anilines is 1. The summed E-state index contributed by atoms with van der Waals surface area (Å²) in [6, 6.07) is 3.56. The van der Waals surface area contributed by atoms with Crippen molar-refractivity contribution in [2.75, 3.05) is 19.0 Å². The van der Waals surface area contributed by atoms with Crippen molar-refractivity contribution in [3.8, 4) is 5.75 Å². The van der Waals surface area contributed by atoms with Gasteiger partial charge in [0.05, 0.1) is 18.1 Å². The second-order valence-corrected chi connectivity index (χ2v) is 4.18. The predicted octanol–water partition coefficient (Wildman–Crippen LogP) is 1.42. The average molecular weight is 241 g/mol. The van der Waals surface area contributed by atoms with Gasteiger partial charge in [0, 0.05) is 12.2 Å². The molecule has 1 atom stereocenters. The van der Waals surface area contributed by atoms with Crippen molar-refractivity contribution in [2.45, 2.75) is 6.42 Å². The summed E-state index contributed by atoms with van der Waals surface area (Å²) < 4.78 is 5.13. The largest absolute Gasteiger partial charge is 0.495 e. The lowest BCUT2D eigenvalue weighted by atomic mass is 9.93. The first kappa shape index (κ1) is 11.2. The fraction of sp³-hybridized carbons (Fsp3) is 0.364. The van der Waals surface area contributed by atoms with Gasteiger partial charge in [-0.1, -0.05) is 11.6 Å². The van der Waals surface area contributed by atoms with Crippen molar-refractivity contribution in [1.82, 2.24) is 0 Å². The Labute approximate surface area is 98.7 Å². The van der Waals surface area contributed by atoms with Gasteiger partial charge in [-0.15, -0.1) is 0 Å². The van der Waals surface area contributed by atoms with Gasteiger partial charge in [0.15, 0.2) is 0 Å². The molecular weight excluding hydrogens is 228 g/mol. The second kappa shape index (κ2) is 4.31. The van der Waals surface area contributed by atoms with E-state index in [9.17, 15) is 4.79 Å². The van der Waals surface area contributed by atoms with E-state index in [4.69, 9.17) is 22.1 Å². The molecule has 0 aromatic heterocycles. The van der Waals surface area contributed by atoms with E-state index in [2.05, 4.69) is 5.32 Å². The van der Waals surface area contributed by atoms with E-state index in [1.165, 1.54) is 0 Å². The van der Waals surface area contributed by atoms with Crippen molar-refractivity contribution in [3.63, 3.8) is 0 Å². The smallest absolute Gasteiger partial charge is 0.229 e. The first-order valence-electron chi connectivity index (χ1n) is 5.03. The lowest BCUT2D eigenvalue weighted by Gasteiger charge is -2.24. The maximum Gasteiger partial charge on any atom is 0.229 e. The third kappa shape index (κ3) is 1.86. The zero-order chi connectivity index (χ0) is 11.7. The molecule has 1 aliphatic heterocycles. The van der Waals surface area contributed by atoms with Crippen LogP contribution in [-0.2, 0) is 11.2 Å². The molecule has 3 N–H and O–H groups in total. The topological polar surface area (TPSA) is 64.3 Å². The summed E-state index contributed by atoms with van der Waals surface area (Å²) in [5.74, 6) is 0.405. The Balaban J connectivity index is 2.40. The number of methoxy groups -OCH3 is 1. The zero-order valence-electron chi connectivity index (χ0n) is 8.92. The lowest BCUT2D eigenvalue weighted by molar-refractivity contribution is -0.119. The van der Waals surface area contributed by atoms with Crippen molar-refractivity contribution in [2.24, 2.45) is 11.7 Å². The molecule has 1 amide bonds. The van der Waals surface area contributed by atoms with Crippen LogP contribution in [0, 0.1) is 5.92 Å². The van der Waals surface area contributed by atoms with Crippen LogP contribution in [0.25, 0.3) is 0 Å². The number of carbonyl (C=O) groups excluding carboxylic acids is 1. The first-order valence-corrected chi connectivity index (χ1v) is 5.41. The summed E-state index contributed by atoms with van der Waals surface area (Å²) in [6.07, 6.45) is 0.630. The summed E-state index contributed by atoms with van der Waals surface area (Å²) >= 11 is 5.98. The van der Waals surface area contributed by atoms with Crippen LogP contribution >= 0.6 is 11.6 Å². The lowest BCUT2D eigenvalue weighted by Crippen LogP contribution is -2.34. The van der Waals surface area contributed by atoms with Crippen LogP contribution in [0.2, 0.25) is 5.02 Å². The summed E-state index contributed by atoms with van der Waals surface area (Å²) in [5, 5.41) is 3.29. The Morgan fingerprint density at radius 2 is 2.38 bits per heavy atom. The Morgan fingerprint density at radius 3 is 3.00 bits per heavy atom. The number of carbonyl (C=O) groups is 1. The van der Waals surface area contributed by atoms with Gasteiger partial charge in [0.1, 0.15) is 5.75 Å². The van der Waals surface area contributed by atoms with Crippen molar-refractivity contribution in [3.05, 3.63) is 22.7 Å². The molecule has 4 nitrogen and oxygen atoms in total. The van der Waals surface area contributed by atoms with Crippen LogP contribution in [0.15, 0.2) is 12.1 Å². The van der Waals surface area contributed by atoms with Crippen LogP contribution in [0.4, 0.5) is 5.69 Å². The number of fused-ring (bicyclic) bond motifs is 1. The third-order valence-electron chi connectivity index (χ3n) is 2.76. The highest BCUT2D eigenvalue weighted by Gasteiger charge is 2.25. The highest BCUT2D eigenvalue weighted by atomic mass is 35.5. The van der Waals surface area contributed by atoms with Crippen LogP contribution < -0.4 is 15.8 Å². The van der Waals surface area contributed by atoms with E-state index in [-0.39, 0.29) is 11.8 Å². The van der Waals surface area contributed by atoms with Gasteiger partial charge in [-0.3, -0.25) is 4.79 Å². The molecule has 0 aliphatic carbocycles. The molecule has 1 aromatic carbocycles. The second-order valence-electron chi connectivity index (χ2n) is 3.77. The fourth-order valence-electron chi connectivity index (χ4n) is 1.82. The number of hydrogen-bond donors (Lipinski definition) is 2. The highest BCUT2D eigenvalue weighted by Crippen LogP contribution is 2.34. The van der Waals surface area contributed by atoms with E-state index in [0.717, 1.165) is 11.3 Å². The van der Waals surface area contributed by atoms with Crippen molar-refractivity contribution >= 4 is 23.2 Å². The Kier molecular flexibility index (Phi) is 3.03. The Hall–Kier alpha value is -1.26. The standard InChI is InChI=1S/C11H13ClN2O2/c1-16-10-3-6-2-7(5-13)11(15)14-9(6)4-8(10)12/h3-4,7H,2,5,13H2,1H3,(H,14,15). The molecule has 0 radical (unpaired) electrons. The van der Waals surface area contributed by atoms with Crippen LogP contribution in [0.3, 0.4) is 0 Å². The van der Waals surface area contributed by atoms with E-state index < -0.39 is 0 Å². The molecule has 0 saturated heterocycles. The maximum absolute atomic E-state index is 11.6. The normalized spacial score (nSPS) is 18.9. The number of benzene rings is 1. The molecule has 1 aromatic rings. The molecule has 1 aliphatic rings. The molecule has 0 fully saturated rings. The summed E-state index contributed by atoms with van der Waals surface area (Å²) in [7, 11) is 1.56. The monoisotopic (exact) mass is 240 g/mol. The van der Waals surface area contributed by atoms with Gasteiger partial charge in [-0.05, 0) is 24.1 Å². The maximum atomic E-state index is 11.6. The van der Waals surface area contributed by atoms with E-state index in [1.807, 2.05) is 6.07 Å². The van der Waals surface area contributed by atoms with E-state index in [0.29, 0.717) is 23.7 Å². The van der Waals surface area contributed by atoms with Gasteiger partial charge < -0.3 is 15.8 Å². The van der Waals surface area contributed by atoms with Crippen molar-refractivity contribution in [1.29, 1.82) is 0 Å². The minimum Gasteiger partial charge on any atom is -0.495 e. The third-order valence-corrected chi connectivity index (χ3v) is 3.05. The SMILES string of the molecule is COc1cc2c(cc1Cl)NC(=O)C(CN)C2. The molecule has 16 heavy (non-hydrogen) atoms. The molecule has 0 bridgehead atoms. The van der Waals surface area contributed by atoms with E-state index >= 15 is 0 Å². The zero-order valence-corrected chi connectivity index (χ0v) is 9.67. The summed E-state index contributed by atoms with van der Waals surface area (Å²) in [5.41, 5.74) is 7.29. The number of rotatable bonds is 2. The molecule has 5 heteroatoms. The minimum atomic E-state index is -0.168. The average Bonchev–Trinajstić information content (AvgIpc) is 2.27. The Morgan fingerprint density at radius 1 is 1.62 bits per heavy atom. The summed E-state index contributed by atoms with van der Waals surface area (Å²) in [4.78, 5) is 11.6. The molecule has 1 heterocycles. The van der Waals surface area contributed by atoms with Crippen LogP contribution in [0.1, 0.15) is 5.56 Å². The predicted molar refractivity (Wildman–Crippen MR) is 62.9 cm³/mol. The van der Waals surface area contributed by atoms with Gasteiger partial charge in [0.2, 0.25) is 5.91 Å². The van der Waals surface area contributed by atoms with Gasteiger partial charge in [-0.2, -0.15) is 0 Å². The number of hydrogen-bond acceptors (Lipinski definition) is 3. The fourth-order valence-corrected chi connectivity index (χ4v) is 2.06. The van der Waals surface area contributed by atoms with Gasteiger partial charge >= 0.3 is 0 Å². The molecule has 2 rings (SSSR count). The van der Waals surface area contributed by atoms with Crippen molar-refractivity contribution < 1.29 is 9.53 Å². The molecule has 0 saturated carbocycles. The van der Waals surface area contributed by atoms with Gasteiger partial charge in [0.25, 0.3) is 0 Å². The van der Waals surface area contributed by atoms with Gasteiger partial charge in [-0.25, -0.2) is 0 Å². The highest BCUT2D eigenvalue weighted by molar-refractivity contribution is 6.32.